The second-order valence-corrected chi connectivity index (χ2v) is 14.1. The molecule has 0 nitrogen and oxygen atoms in total. The van der Waals surface area contributed by atoms with Gasteiger partial charge in [0.05, 0.1) is 0 Å². The van der Waals surface area contributed by atoms with Gasteiger partial charge in [0.1, 0.15) is 0 Å². The van der Waals surface area contributed by atoms with Crippen molar-refractivity contribution in [1.82, 2.24) is 0 Å². The molecule has 0 heteroatoms. The number of fused-ring (bicyclic) bond motifs is 3. The third-order valence-electron chi connectivity index (χ3n) is 12.8. The maximum atomic E-state index is 2.78. The average molecular weight is 429 g/mol. The van der Waals surface area contributed by atoms with Gasteiger partial charge < -0.3 is 0 Å². The summed E-state index contributed by atoms with van der Waals surface area (Å²) in [4.78, 5) is 0. The molecule has 5 unspecified atom stereocenters. The number of hydrogen-bond acceptors (Lipinski definition) is 0. The van der Waals surface area contributed by atoms with Crippen LogP contribution in [0.15, 0.2) is 48.6 Å². The van der Waals surface area contributed by atoms with Crippen molar-refractivity contribution in [3.8, 4) is 0 Å². The second kappa shape index (κ2) is 6.99. The first-order valence-corrected chi connectivity index (χ1v) is 14.2. The van der Waals surface area contributed by atoms with E-state index >= 15 is 0 Å². The quantitative estimate of drug-likeness (QED) is 0.424. The van der Waals surface area contributed by atoms with Gasteiger partial charge in [0.25, 0.3) is 0 Å². The van der Waals surface area contributed by atoms with Gasteiger partial charge in [-0.05, 0) is 127 Å². The summed E-state index contributed by atoms with van der Waals surface area (Å²) in [6.45, 7) is 8.15. The fourth-order valence-electron chi connectivity index (χ4n) is 11.4. The zero-order valence-electron chi connectivity index (χ0n) is 20.6. The van der Waals surface area contributed by atoms with Crippen LogP contribution in [-0.2, 0) is 0 Å². The van der Waals surface area contributed by atoms with Crippen molar-refractivity contribution in [2.45, 2.75) is 72.1 Å². The molecule has 172 valence electrons. The summed E-state index contributed by atoms with van der Waals surface area (Å²) >= 11 is 0. The molecule has 7 atom stereocenters. The van der Waals surface area contributed by atoms with Crippen molar-refractivity contribution in [3.05, 3.63) is 48.6 Å². The van der Waals surface area contributed by atoms with Crippen LogP contribution in [-0.4, -0.2) is 0 Å². The summed E-state index contributed by atoms with van der Waals surface area (Å²) in [6, 6.07) is 0. The highest BCUT2D eigenvalue weighted by Gasteiger charge is 2.60. The van der Waals surface area contributed by atoms with Crippen molar-refractivity contribution in [2.75, 3.05) is 0 Å². The zero-order valence-corrected chi connectivity index (χ0v) is 20.6. The van der Waals surface area contributed by atoms with Gasteiger partial charge in [0, 0.05) is 0 Å². The van der Waals surface area contributed by atoms with Crippen LogP contribution < -0.4 is 0 Å². The summed E-state index contributed by atoms with van der Waals surface area (Å²) in [5.41, 5.74) is 1.09. The Balaban J connectivity index is 1.16. The third kappa shape index (κ3) is 2.68. The molecule has 0 aliphatic heterocycles. The number of rotatable bonds is 3. The molecule has 0 radical (unpaired) electrons. The van der Waals surface area contributed by atoms with E-state index in [0.717, 1.165) is 65.1 Å². The topological polar surface area (TPSA) is 0 Å². The summed E-state index contributed by atoms with van der Waals surface area (Å²) in [5, 5.41) is 0. The molecule has 4 bridgehead atoms. The van der Waals surface area contributed by atoms with Crippen molar-refractivity contribution in [3.63, 3.8) is 0 Å². The van der Waals surface area contributed by atoms with E-state index in [4.69, 9.17) is 0 Å². The Labute approximate surface area is 196 Å². The molecule has 0 aromatic heterocycles. The van der Waals surface area contributed by atoms with Gasteiger partial charge >= 0.3 is 0 Å². The van der Waals surface area contributed by atoms with Crippen LogP contribution in [0.25, 0.3) is 0 Å². The first kappa shape index (κ1) is 20.3. The van der Waals surface area contributed by atoms with Crippen LogP contribution >= 0.6 is 0 Å². The normalized spacial score (nSPS) is 54.9. The minimum atomic E-state index is 0.421. The molecule has 8 rings (SSSR count). The Kier molecular flexibility index (Phi) is 4.44. The fourth-order valence-corrected chi connectivity index (χ4v) is 11.4. The fraction of sp³-hybridized carbons (Fsp3) is 0.750. The minimum absolute atomic E-state index is 0.421. The Morgan fingerprint density at radius 3 is 1.62 bits per heavy atom. The van der Waals surface area contributed by atoms with Crippen molar-refractivity contribution in [1.29, 1.82) is 0 Å². The predicted molar refractivity (Wildman–Crippen MR) is 134 cm³/mol. The highest BCUT2D eigenvalue weighted by Crippen LogP contribution is 2.69. The van der Waals surface area contributed by atoms with Crippen molar-refractivity contribution >= 4 is 0 Å². The molecule has 0 aromatic carbocycles. The Bertz CT molecular complexity index is 818. The first-order valence-electron chi connectivity index (χ1n) is 14.2. The lowest BCUT2D eigenvalue weighted by molar-refractivity contribution is -0.130. The van der Waals surface area contributed by atoms with E-state index in [0.29, 0.717) is 10.8 Å². The van der Waals surface area contributed by atoms with E-state index in [1.165, 1.54) is 19.3 Å². The third-order valence-corrected chi connectivity index (χ3v) is 12.8. The summed E-state index contributed by atoms with van der Waals surface area (Å²) in [7, 11) is 0. The van der Waals surface area contributed by atoms with Gasteiger partial charge in [0.15, 0.2) is 0 Å². The lowest BCUT2D eigenvalue weighted by Gasteiger charge is -2.62. The molecule has 8 aliphatic carbocycles. The largest absolute Gasteiger partial charge is 0.0805 e. The Morgan fingerprint density at radius 2 is 1.09 bits per heavy atom. The number of allylic oxidation sites excluding steroid dienone is 8. The van der Waals surface area contributed by atoms with Gasteiger partial charge in [-0.2, -0.15) is 0 Å². The van der Waals surface area contributed by atoms with Gasteiger partial charge in [0.2, 0.25) is 0 Å². The van der Waals surface area contributed by atoms with Gasteiger partial charge in [-0.25, -0.2) is 0 Å². The number of hydrogen-bond donors (Lipinski definition) is 0. The minimum Gasteiger partial charge on any atom is -0.0805 e. The first-order chi connectivity index (χ1) is 15.5. The molecule has 0 spiro atoms. The molecule has 6 fully saturated rings. The van der Waals surface area contributed by atoms with Crippen LogP contribution in [0.2, 0.25) is 0 Å². The van der Waals surface area contributed by atoms with Crippen LogP contribution in [0.3, 0.4) is 0 Å². The molecule has 0 N–H and O–H groups in total. The van der Waals surface area contributed by atoms with E-state index < -0.39 is 0 Å². The summed E-state index contributed by atoms with van der Waals surface area (Å²) in [6.07, 6.45) is 32.0. The standard InChI is InChI=1S/C32H44/c1-31(2,30-28-10-6-4-8-26(28)27-9-5-7-11-29(27)30)22-12-13-23(19-22)32(3)24-15-20-14-21(17-24)18-25(32)16-20/h4-11,20-30H,12-19H2,1-3H3/t20?,21?,22?,23?,24?,25?,26-,27+,28?,29?,30?,32?. The highest BCUT2D eigenvalue weighted by molar-refractivity contribution is 5.30. The van der Waals surface area contributed by atoms with Crippen molar-refractivity contribution in [2.24, 2.45) is 75.9 Å². The molecular formula is C32H44. The summed E-state index contributed by atoms with van der Waals surface area (Å²) < 4.78 is 0. The molecule has 6 saturated carbocycles. The van der Waals surface area contributed by atoms with E-state index in [1.807, 2.05) is 0 Å². The molecule has 0 saturated heterocycles. The molecule has 0 amide bonds. The molecule has 0 heterocycles. The second-order valence-electron chi connectivity index (χ2n) is 14.1. The molecule has 0 aromatic rings. The smallest absolute Gasteiger partial charge is 0.00954 e. The monoisotopic (exact) mass is 428 g/mol. The van der Waals surface area contributed by atoms with E-state index in [-0.39, 0.29) is 0 Å². The SMILES string of the molecule is CC(C)(C1CCC(C2(C)C3CC4CC(C3)CC2C4)C1)C1C2C=CC=C[C@H]2[C@H]2C=CC=CC12. The highest BCUT2D eigenvalue weighted by atomic mass is 14.7. The molecule has 8 aliphatic rings. The van der Waals surface area contributed by atoms with E-state index in [2.05, 4.69) is 69.4 Å². The van der Waals surface area contributed by atoms with E-state index in [1.54, 1.807) is 32.1 Å². The lowest BCUT2D eigenvalue weighted by Crippen LogP contribution is -2.54. The van der Waals surface area contributed by atoms with Crippen LogP contribution in [0.4, 0.5) is 0 Å². The Morgan fingerprint density at radius 1 is 0.594 bits per heavy atom. The predicted octanol–water partition coefficient (Wildman–Crippen LogP) is 8.24. The maximum absolute atomic E-state index is 2.78. The van der Waals surface area contributed by atoms with Crippen LogP contribution in [0.5, 0.6) is 0 Å². The van der Waals surface area contributed by atoms with Crippen LogP contribution in [0.1, 0.15) is 72.1 Å². The Hall–Kier alpha value is -1.04. The lowest BCUT2D eigenvalue weighted by atomic mass is 9.43. The zero-order chi connectivity index (χ0) is 21.7. The van der Waals surface area contributed by atoms with E-state index in [9.17, 15) is 0 Å². The summed E-state index contributed by atoms with van der Waals surface area (Å²) in [5.74, 6) is 9.91. The van der Waals surface area contributed by atoms with Crippen molar-refractivity contribution < 1.29 is 0 Å². The maximum Gasteiger partial charge on any atom is -0.00954 e. The molecular weight excluding hydrogens is 384 g/mol. The van der Waals surface area contributed by atoms with Gasteiger partial charge in [-0.1, -0.05) is 69.4 Å². The van der Waals surface area contributed by atoms with Gasteiger partial charge in [-0.3, -0.25) is 0 Å². The van der Waals surface area contributed by atoms with Gasteiger partial charge in [-0.15, -0.1) is 0 Å². The van der Waals surface area contributed by atoms with Crippen LogP contribution in [0, 0.1) is 75.9 Å². The average Bonchev–Trinajstić information content (AvgIpc) is 3.41. The molecule has 32 heavy (non-hydrogen) atoms.